The van der Waals surface area contributed by atoms with Crippen molar-refractivity contribution in [3.63, 3.8) is 0 Å². The molecule has 1 aliphatic heterocycles. The van der Waals surface area contributed by atoms with Crippen LogP contribution in [0.2, 0.25) is 0 Å². The zero-order chi connectivity index (χ0) is 14.8. The molecular weight excluding hydrogens is 262 g/mol. The molecule has 5 heteroatoms. The zero-order valence-corrected chi connectivity index (χ0v) is 11.9. The van der Waals surface area contributed by atoms with Gasteiger partial charge in [-0.2, -0.15) is 0 Å². The predicted octanol–water partition coefficient (Wildman–Crippen LogP) is 2.43. The molecule has 20 heavy (non-hydrogen) atoms. The van der Waals surface area contributed by atoms with Gasteiger partial charge in [0.1, 0.15) is 0 Å². The van der Waals surface area contributed by atoms with Gasteiger partial charge < -0.3 is 10.2 Å². The minimum atomic E-state index is -1.08. The number of benzene rings is 1. The van der Waals surface area contributed by atoms with E-state index in [1.165, 1.54) is 12.1 Å². The van der Waals surface area contributed by atoms with Gasteiger partial charge >= 0.3 is 0 Å². The number of hydrogen-bond acceptors (Lipinski definition) is 2. The van der Waals surface area contributed by atoms with Crippen molar-refractivity contribution in [2.45, 2.75) is 19.8 Å². The van der Waals surface area contributed by atoms with Gasteiger partial charge in [0.25, 0.3) is 5.91 Å². The molecule has 0 spiro atoms. The van der Waals surface area contributed by atoms with Crippen LogP contribution in [0.15, 0.2) is 18.2 Å². The second-order valence-electron chi connectivity index (χ2n) is 5.90. The summed E-state index contributed by atoms with van der Waals surface area (Å²) < 4.78 is 26.6. The maximum absolute atomic E-state index is 13.5. The summed E-state index contributed by atoms with van der Waals surface area (Å²) in [5.74, 6) is -2.64. The lowest BCUT2D eigenvalue weighted by Crippen LogP contribution is -2.43. The van der Waals surface area contributed by atoms with Crippen molar-refractivity contribution in [3.8, 4) is 0 Å². The molecule has 0 unspecified atom stereocenters. The average molecular weight is 282 g/mol. The van der Waals surface area contributed by atoms with Crippen LogP contribution >= 0.6 is 0 Å². The Morgan fingerprint density at radius 3 is 2.65 bits per heavy atom. The van der Waals surface area contributed by atoms with Crippen molar-refractivity contribution in [1.82, 2.24) is 10.2 Å². The van der Waals surface area contributed by atoms with E-state index in [1.807, 2.05) is 0 Å². The number of likely N-dealkylation sites (tertiary alicyclic amines) is 1. The zero-order valence-electron chi connectivity index (χ0n) is 11.9. The molecule has 0 bridgehead atoms. The number of piperidine rings is 1. The maximum atomic E-state index is 13.5. The fourth-order valence-corrected chi connectivity index (χ4v) is 2.40. The Labute approximate surface area is 118 Å². The second kappa shape index (κ2) is 5.87. The summed E-state index contributed by atoms with van der Waals surface area (Å²) in [6.07, 6.45) is 1.96. The van der Waals surface area contributed by atoms with Crippen molar-refractivity contribution in [3.05, 3.63) is 35.4 Å². The van der Waals surface area contributed by atoms with E-state index < -0.39 is 17.5 Å². The number of carbonyl (C=O) groups excluding carboxylic acids is 1. The minimum absolute atomic E-state index is 0.0198. The Morgan fingerprint density at radius 1 is 1.35 bits per heavy atom. The first-order valence-corrected chi connectivity index (χ1v) is 6.82. The Kier molecular flexibility index (Phi) is 4.38. The third-order valence-electron chi connectivity index (χ3n) is 4.07. The highest BCUT2D eigenvalue weighted by molar-refractivity contribution is 5.94. The lowest BCUT2D eigenvalue weighted by Gasteiger charge is -2.37. The molecule has 2 rings (SSSR count). The van der Waals surface area contributed by atoms with Gasteiger partial charge in [-0.05, 0) is 50.5 Å². The third-order valence-corrected chi connectivity index (χ3v) is 4.07. The van der Waals surface area contributed by atoms with Crippen molar-refractivity contribution in [2.24, 2.45) is 5.41 Å². The van der Waals surface area contributed by atoms with E-state index in [9.17, 15) is 13.6 Å². The standard InChI is InChI=1S/C15H20F2N2O/c1-15(6-8-19(2)9-7-15)10-18-14(20)11-4-3-5-12(16)13(11)17/h3-5H,6-10H2,1-2H3,(H,18,20). The van der Waals surface area contributed by atoms with Gasteiger partial charge in [0.15, 0.2) is 11.6 Å². The van der Waals surface area contributed by atoms with E-state index in [1.54, 1.807) is 0 Å². The molecule has 0 aromatic heterocycles. The molecule has 1 N–H and O–H groups in total. The van der Waals surface area contributed by atoms with Gasteiger partial charge in [0, 0.05) is 6.54 Å². The number of halogens is 2. The number of rotatable bonds is 3. The molecule has 1 saturated heterocycles. The van der Waals surface area contributed by atoms with Crippen LogP contribution in [0.1, 0.15) is 30.1 Å². The van der Waals surface area contributed by atoms with Crippen molar-refractivity contribution in [1.29, 1.82) is 0 Å². The lowest BCUT2D eigenvalue weighted by molar-refractivity contribution is 0.0887. The average Bonchev–Trinajstić information content (AvgIpc) is 2.43. The molecule has 0 aliphatic carbocycles. The van der Waals surface area contributed by atoms with Crippen LogP contribution in [0.5, 0.6) is 0 Å². The smallest absolute Gasteiger partial charge is 0.254 e. The quantitative estimate of drug-likeness (QED) is 0.923. The number of amides is 1. The highest BCUT2D eigenvalue weighted by Gasteiger charge is 2.29. The van der Waals surface area contributed by atoms with Crippen LogP contribution in [0, 0.1) is 17.0 Å². The van der Waals surface area contributed by atoms with Crippen LogP contribution in [-0.4, -0.2) is 37.5 Å². The van der Waals surface area contributed by atoms with Gasteiger partial charge in [-0.25, -0.2) is 8.78 Å². The van der Waals surface area contributed by atoms with Crippen LogP contribution in [0.25, 0.3) is 0 Å². The Balaban J connectivity index is 1.97. The summed E-state index contributed by atoms with van der Waals surface area (Å²) in [6.45, 7) is 4.57. The summed E-state index contributed by atoms with van der Waals surface area (Å²) in [5.41, 5.74) is -0.215. The Hall–Kier alpha value is -1.49. The van der Waals surface area contributed by atoms with Crippen LogP contribution in [0.3, 0.4) is 0 Å². The molecule has 1 aliphatic rings. The summed E-state index contributed by atoms with van der Waals surface area (Å²) in [7, 11) is 2.07. The van der Waals surface area contributed by atoms with Gasteiger partial charge in [0.05, 0.1) is 5.56 Å². The molecule has 1 amide bonds. The third kappa shape index (κ3) is 3.33. The molecule has 1 heterocycles. The van der Waals surface area contributed by atoms with E-state index in [-0.39, 0.29) is 11.0 Å². The largest absolute Gasteiger partial charge is 0.351 e. The van der Waals surface area contributed by atoms with Crippen molar-refractivity contribution in [2.75, 3.05) is 26.7 Å². The number of hydrogen-bond donors (Lipinski definition) is 1. The lowest BCUT2D eigenvalue weighted by atomic mass is 9.80. The van der Waals surface area contributed by atoms with Gasteiger partial charge in [-0.15, -0.1) is 0 Å². The molecule has 1 aromatic carbocycles. The monoisotopic (exact) mass is 282 g/mol. The van der Waals surface area contributed by atoms with Crippen molar-refractivity contribution < 1.29 is 13.6 Å². The molecule has 0 saturated carbocycles. The number of nitrogens with zero attached hydrogens (tertiary/aromatic N) is 1. The summed E-state index contributed by atoms with van der Waals surface area (Å²) >= 11 is 0. The molecule has 1 aromatic rings. The summed E-state index contributed by atoms with van der Waals surface area (Å²) in [4.78, 5) is 14.2. The Morgan fingerprint density at radius 2 is 2.00 bits per heavy atom. The van der Waals surface area contributed by atoms with Crippen LogP contribution in [-0.2, 0) is 0 Å². The summed E-state index contributed by atoms with van der Waals surface area (Å²) in [6, 6.07) is 3.64. The maximum Gasteiger partial charge on any atom is 0.254 e. The second-order valence-corrected chi connectivity index (χ2v) is 5.90. The number of nitrogens with one attached hydrogen (secondary N) is 1. The fraction of sp³-hybridized carbons (Fsp3) is 0.533. The van der Waals surface area contributed by atoms with Gasteiger partial charge in [-0.1, -0.05) is 13.0 Å². The van der Waals surface area contributed by atoms with Gasteiger partial charge in [0.2, 0.25) is 0 Å². The molecular formula is C15H20F2N2O. The summed E-state index contributed by atoms with van der Waals surface area (Å²) in [5, 5.41) is 2.73. The van der Waals surface area contributed by atoms with E-state index >= 15 is 0 Å². The fourth-order valence-electron chi connectivity index (χ4n) is 2.40. The minimum Gasteiger partial charge on any atom is -0.351 e. The van der Waals surface area contributed by atoms with Crippen LogP contribution in [0.4, 0.5) is 8.78 Å². The molecule has 110 valence electrons. The predicted molar refractivity (Wildman–Crippen MR) is 73.5 cm³/mol. The topological polar surface area (TPSA) is 32.3 Å². The molecule has 0 atom stereocenters. The first-order valence-electron chi connectivity index (χ1n) is 6.82. The normalized spacial score (nSPS) is 18.8. The van der Waals surface area contributed by atoms with Crippen LogP contribution < -0.4 is 5.32 Å². The molecule has 1 fully saturated rings. The SMILES string of the molecule is CN1CCC(C)(CNC(=O)c2cccc(F)c2F)CC1. The highest BCUT2D eigenvalue weighted by Crippen LogP contribution is 2.29. The highest BCUT2D eigenvalue weighted by atomic mass is 19.2. The molecule has 0 radical (unpaired) electrons. The molecule has 3 nitrogen and oxygen atoms in total. The Bertz CT molecular complexity index is 497. The van der Waals surface area contributed by atoms with E-state index in [2.05, 4.69) is 24.2 Å². The first kappa shape index (κ1) is 14.9. The first-order chi connectivity index (χ1) is 9.41. The van der Waals surface area contributed by atoms with E-state index in [4.69, 9.17) is 0 Å². The number of carbonyl (C=O) groups is 1. The van der Waals surface area contributed by atoms with E-state index in [0.717, 1.165) is 32.0 Å². The van der Waals surface area contributed by atoms with Gasteiger partial charge in [-0.3, -0.25) is 4.79 Å². The van der Waals surface area contributed by atoms with Crippen molar-refractivity contribution >= 4 is 5.91 Å². The van der Waals surface area contributed by atoms with E-state index in [0.29, 0.717) is 6.54 Å².